The first-order valence-electron chi connectivity index (χ1n) is 9.06. The molecule has 1 unspecified atom stereocenters. The number of rotatable bonds is 9. The summed E-state index contributed by atoms with van der Waals surface area (Å²) in [4.78, 5) is 39.7. The third kappa shape index (κ3) is 5.07. The van der Waals surface area contributed by atoms with Gasteiger partial charge in [0.15, 0.2) is 0 Å². The zero-order valence-electron chi connectivity index (χ0n) is 16.0. The van der Waals surface area contributed by atoms with Gasteiger partial charge in [-0.15, -0.1) is 0 Å². The SMILES string of the molecule is CCCn1c(N)c(C(=O)C[NH+](C)Cc2ccc(OCC)cc2)c(=O)[nH]c1=O. The van der Waals surface area contributed by atoms with Crippen LogP contribution in [-0.4, -0.2) is 35.5 Å². The van der Waals surface area contributed by atoms with Crippen LogP contribution in [0.1, 0.15) is 36.2 Å². The molecule has 4 N–H and O–H groups in total. The minimum Gasteiger partial charge on any atom is -0.494 e. The number of nitrogen functional groups attached to an aromatic ring is 1. The summed E-state index contributed by atoms with van der Waals surface area (Å²) in [6.07, 6.45) is 0.659. The van der Waals surface area contributed by atoms with E-state index in [1.54, 1.807) is 0 Å². The number of benzene rings is 1. The highest BCUT2D eigenvalue weighted by atomic mass is 16.5. The smallest absolute Gasteiger partial charge is 0.329 e. The van der Waals surface area contributed by atoms with Crippen molar-refractivity contribution in [2.45, 2.75) is 33.4 Å². The molecule has 1 atom stereocenters. The zero-order valence-corrected chi connectivity index (χ0v) is 16.0. The molecule has 146 valence electrons. The van der Waals surface area contributed by atoms with Gasteiger partial charge in [-0.25, -0.2) is 4.79 Å². The molecule has 1 aromatic heterocycles. The van der Waals surface area contributed by atoms with Gasteiger partial charge >= 0.3 is 5.69 Å². The lowest BCUT2D eigenvalue weighted by molar-refractivity contribution is -0.884. The van der Waals surface area contributed by atoms with Gasteiger partial charge in [-0.1, -0.05) is 6.92 Å². The number of H-pyrrole nitrogens is 1. The Morgan fingerprint density at radius 1 is 1.22 bits per heavy atom. The molecule has 27 heavy (non-hydrogen) atoms. The van der Waals surface area contributed by atoms with Crippen LogP contribution in [0.3, 0.4) is 0 Å². The van der Waals surface area contributed by atoms with Crippen molar-refractivity contribution in [3.8, 4) is 5.75 Å². The molecule has 0 fully saturated rings. The van der Waals surface area contributed by atoms with E-state index in [2.05, 4.69) is 4.98 Å². The average Bonchev–Trinajstić information content (AvgIpc) is 2.60. The Balaban J connectivity index is 2.13. The molecule has 0 aliphatic rings. The lowest BCUT2D eigenvalue weighted by Gasteiger charge is -2.15. The van der Waals surface area contributed by atoms with E-state index in [0.29, 0.717) is 26.1 Å². The summed E-state index contributed by atoms with van der Waals surface area (Å²) in [6, 6.07) is 7.66. The van der Waals surface area contributed by atoms with E-state index < -0.39 is 11.2 Å². The highest BCUT2D eigenvalue weighted by molar-refractivity contribution is 6.00. The first-order valence-corrected chi connectivity index (χ1v) is 9.06. The Labute approximate surface area is 157 Å². The van der Waals surface area contributed by atoms with Crippen molar-refractivity contribution in [3.05, 3.63) is 56.2 Å². The predicted molar refractivity (Wildman–Crippen MR) is 103 cm³/mol. The number of hydrogen-bond donors (Lipinski definition) is 3. The van der Waals surface area contributed by atoms with Gasteiger partial charge in [-0.05, 0) is 37.6 Å². The number of likely N-dealkylation sites (N-methyl/N-ethyl adjacent to an activating group) is 1. The van der Waals surface area contributed by atoms with Crippen LogP contribution in [0.25, 0.3) is 0 Å². The second kappa shape index (κ2) is 9.18. The Morgan fingerprint density at radius 2 is 1.89 bits per heavy atom. The van der Waals surface area contributed by atoms with Crippen molar-refractivity contribution in [1.29, 1.82) is 0 Å². The molecule has 2 rings (SSSR count). The summed E-state index contributed by atoms with van der Waals surface area (Å²) in [5.74, 6) is 0.346. The summed E-state index contributed by atoms with van der Waals surface area (Å²) in [7, 11) is 1.86. The number of nitrogens with zero attached hydrogens (tertiary/aromatic N) is 1. The van der Waals surface area contributed by atoms with E-state index in [-0.39, 0.29) is 23.7 Å². The number of nitrogens with two attached hydrogens (primary N) is 1. The van der Waals surface area contributed by atoms with Crippen molar-refractivity contribution in [1.82, 2.24) is 9.55 Å². The normalized spacial score (nSPS) is 12.0. The van der Waals surface area contributed by atoms with Gasteiger partial charge in [-0.2, -0.15) is 0 Å². The van der Waals surface area contributed by atoms with Crippen molar-refractivity contribution in [3.63, 3.8) is 0 Å². The molecule has 8 nitrogen and oxygen atoms in total. The van der Waals surface area contributed by atoms with Gasteiger partial charge in [-0.3, -0.25) is 19.1 Å². The first-order chi connectivity index (χ1) is 12.9. The van der Waals surface area contributed by atoms with Crippen molar-refractivity contribution in [2.75, 3.05) is 25.9 Å². The van der Waals surface area contributed by atoms with Crippen molar-refractivity contribution < 1.29 is 14.4 Å². The Morgan fingerprint density at radius 3 is 2.48 bits per heavy atom. The molecule has 0 bridgehead atoms. The first kappa shape index (κ1) is 20.4. The number of anilines is 1. The number of carbonyl (C=O) groups excluding carboxylic acids is 1. The molecular formula is C19H27N4O4+. The highest BCUT2D eigenvalue weighted by Gasteiger charge is 2.22. The molecule has 0 aliphatic heterocycles. The standard InChI is InChI=1S/C19H26N4O4/c1-4-10-23-17(20)16(18(25)21-19(23)26)15(24)12-22(3)11-13-6-8-14(9-7-13)27-5-2/h6-9H,4-5,10-12,20H2,1-3H3,(H,21,25,26)/p+1. The Kier molecular flexibility index (Phi) is 6.95. The van der Waals surface area contributed by atoms with E-state index in [9.17, 15) is 14.4 Å². The topological polar surface area (TPSA) is 112 Å². The maximum Gasteiger partial charge on any atom is 0.329 e. The lowest BCUT2D eigenvalue weighted by Crippen LogP contribution is -3.08. The van der Waals surface area contributed by atoms with Crippen LogP contribution >= 0.6 is 0 Å². The molecule has 0 spiro atoms. The largest absolute Gasteiger partial charge is 0.494 e. The molecule has 0 radical (unpaired) electrons. The van der Waals surface area contributed by atoms with Crippen LogP contribution in [0, 0.1) is 0 Å². The second-order valence-electron chi connectivity index (χ2n) is 6.48. The summed E-state index contributed by atoms with van der Waals surface area (Å²) >= 11 is 0. The summed E-state index contributed by atoms with van der Waals surface area (Å²) in [5, 5.41) is 0. The fraction of sp³-hybridized carbons (Fsp3) is 0.421. The predicted octanol–water partition coefficient (Wildman–Crippen LogP) is -0.175. The quantitative estimate of drug-likeness (QED) is 0.527. The number of aromatic amines is 1. The number of hydrogen-bond acceptors (Lipinski definition) is 5. The molecule has 0 saturated carbocycles. The minimum atomic E-state index is -0.733. The number of nitrogens with one attached hydrogen (secondary N) is 2. The molecule has 0 aliphatic carbocycles. The third-order valence-electron chi connectivity index (χ3n) is 4.17. The molecule has 1 aromatic carbocycles. The van der Waals surface area contributed by atoms with E-state index in [4.69, 9.17) is 10.5 Å². The molecule has 2 aromatic rings. The highest BCUT2D eigenvalue weighted by Crippen LogP contribution is 2.11. The fourth-order valence-corrected chi connectivity index (χ4v) is 2.95. The average molecular weight is 375 g/mol. The van der Waals surface area contributed by atoms with Gasteiger partial charge < -0.3 is 15.4 Å². The van der Waals surface area contributed by atoms with Crippen LogP contribution in [-0.2, 0) is 13.1 Å². The van der Waals surface area contributed by atoms with Crippen LogP contribution in [0.5, 0.6) is 5.75 Å². The molecule has 8 heteroatoms. The van der Waals surface area contributed by atoms with Crippen LogP contribution in [0.2, 0.25) is 0 Å². The van der Waals surface area contributed by atoms with Crippen LogP contribution in [0.15, 0.2) is 33.9 Å². The fourth-order valence-electron chi connectivity index (χ4n) is 2.95. The molecule has 0 amide bonds. The Bertz CT molecular complexity index is 899. The van der Waals surface area contributed by atoms with Gasteiger partial charge in [0.25, 0.3) is 5.56 Å². The lowest BCUT2D eigenvalue weighted by atomic mass is 10.1. The van der Waals surface area contributed by atoms with Crippen LogP contribution in [0.4, 0.5) is 5.82 Å². The van der Waals surface area contributed by atoms with Gasteiger partial charge in [0.05, 0.1) is 13.7 Å². The second-order valence-corrected chi connectivity index (χ2v) is 6.48. The van der Waals surface area contributed by atoms with Gasteiger partial charge in [0, 0.05) is 12.1 Å². The van der Waals surface area contributed by atoms with Crippen LogP contribution < -0.4 is 26.6 Å². The van der Waals surface area contributed by atoms with E-state index in [1.165, 1.54) is 4.57 Å². The number of ketones is 1. The van der Waals surface area contributed by atoms with E-state index >= 15 is 0 Å². The van der Waals surface area contributed by atoms with Gasteiger partial charge in [0.2, 0.25) is 5.78 Å². The van der Waals surface area contributed by atoms with Crippen molar-refractivity contribution >= 4 is 11.6 Å². The number of Topliss-reactive ketones (excluding diaryl/α,β-unsaturated/α-hetero) is 1. The third-order valence-corrected chi connectivity index (χ3v) is 4.17. The number of ether oxygens (including phenoxy) is 1. The summed E-state index contributed by atoms with van der Waals surface area (Å²) in [6.45, 7) is 5.45. The maximum absolute atomic E-state index is 12.6. The van der Waals surface area contributed by atoms with Crippen molar-refractivity contribution in [2.24, 2.45) is 0 Å². The van der Waals surface area contributed by atoms with Gasteiger partial charge in [0.1, 0.15) is 30.2 Å². The number of carbonyl (C=O) groups is 1. The number of aromatic nitrogens is 2. The van der Waals surface area contributed by atoms with E-state index in [1.807, 2.05) is 45.2 Å². The zero-order chi connectivity index (χ0) is 20.0. The molecule has 1 heterocycles. The summed E-state index contributed by atoms with van der Waals surface area (Å²) in [5.41, 5.74) is 5.52. The summed E-state index contributed by atoms with van der Waals surface area (Å²) < 4.78 is 6.65. The minimum absolute atomic E-state index is 0.0653. The Hall–Kier alpha value is -2.87. The maximum atomic E-state index is 12.6. The van der Waals surface area contributed by atoms with E-state index in [0.717, 1.165) is 16.2 Å². The number of quaternary nitrogens is 1. The molecular weight excluding hydrogens is 348 g/mol. The monoisotopic (exact) mass is 375 g/mol. The molecule has 0 saturated heterocycles.